The van der Waals surface area contributed by atoms with Gasteiger partial charge < -0.3 is 5.32 Å². The van der Waals surface area contributed by atoms with Crippen LogP contribution in [0.3, 0.4) is 0 Å². The van der Waals surface area contributed by atoms with Crippen LogP contribution in [0.15, 0.2) is 0 Å². The van der Waals surface area contributed by atoms with Crippen LogP contribution in [0, 0.1) is 13.8 Å². The fourth-order valence-electron chi connectivity index (χ4n) is 1.24. The Morgan fingerprint density at radius 3 is 2.75 bits per heavy atom. The summed E-state index contributed by atoms with van der Waals surface area (Å²) >= 11 is 0. The number of hydrogen-bond acceptors (Lipinski definition) is 2. The van der Waals surface area contributed by atoms with Crippen LogP contribution in [-0.2, 0) is 6.54 Å². The van der Waals surface area contributed by atoms with Gasteiger partial charge >= 0.3 is 0 Å². The van der Waals surface area contributed by atoms with E-state index in [-0.39, 0.29) is 0 Å². The number of H-pyrrole nitrogens is 1. The summed E-state index contributed by atoms with van der Waals surface area (Å²) in [6.07, 6.45) is 2.67. The Kier molecular flexibility index (Phi) is 1.89. The molecule has 0 spiro atoms. The summed E-state index contributed by atoms with van der Waals surface area (Å²) < 4.78 is 0. The number of hydrogen-bond donors (Lipinski definition) is 2. The zero-order valence-corrected chi connectivity index (χ0v) is 7.65. The summed E-state index contributed by atoms with van der Waals surface area (Å²) in [7, 11) is 0. The third kappa shape index (κ3) is 1.50. The molecule has 1 fully saturated rings. The zero-order chi connectivity index (χ0) is 8.55. The second kappa shape index (κ2) is 2.90. The Labute approximate surface area is 72.6 Å². The van der Waals surface area contributed by atoms with E-state index in [0.717, 1.165) is 12.6 Å². The standard InChI is InChI=1S/C9H15N3/c1-6-7(2)11-12-9(6)5-10-8-3-4-8/h8,10H,3-5H2,1-2H3,(H,11,12). The molecule has 1 heterocycles. The Balaban J connectivity index is 1.96. The van der Waals surface area contributed by atoms with Crippen molar-refractivity contribution in [2.45, 2.75) is 39.3 Å². The molecule has 1 aromatic rings. The molecule has 12 heavy (non-hydrogen) atoms. The highest BCUT2D eigenvalue weighted by molar-refractivity contribution is 5.22. The van der Waals surface area contributed by atoms with Crippen LogP contribution < -0.4 is 5.32 Å². The van der Waals surface area contributed by atoms with Crippen LogP contribution in [-0.4, -0.2) is 16.2 Å². The Hall–Kier alpha value is -0.830. The molecule has 0 saturated heterocycles. The molecule has 2 rings (SSSR count). The number of nitrogens with zero attached hydrogens (tertiary/aromatic N) is 1. The molecule has 3 nitrogen and oxygen atoms in total. The lowest BCUT2D eigenvalue weighted by atomic mass is 10.2. The molecule has 66 valence electrons. The van der Waals surface area contributed by atoms with Gasteiger partial charge in [-0.2, -0.15) is 5.10 Å². The van der Waals surface area contributed by atoms with E-state index in [4.69, 9.17) is 0 Å². The average molecular weight is 165 g/mol. The van der Waals surface area contributed by atoms with Crippen molar-refractivity contribution >= 4 is 0 Å². The molecule has 0 radical (unpaired) electrons. The van der Waals surface area contributed by atoms with Gasteiger partial charge in [0.25, 0.3) is 0 Å². The van der Waals surface area contributed by atoms with E-state index in [0.29, 0.717) is 0 Å². The van der Waals surface area contributed by atoms with Gasteiger partial charge in [-0.15, -0.1) is 0 Å². The van der Waals surface area contributed by atoms with Crippen LogP contribution in [0.1, 0.15) is 29.8 Å². The predicted octanol–water partition coefficient (Wildman–Crippen LogP) is 1.28. The van der Waals surface area contributed by atoms with Gasteiger partial charge in [-0.1, -0.05) is 0 Å². The number of rotatable bonds is 3. The van der Waals surface area contributed by atoms with Crippen molar-refractivity contribution in [3.8, 4) is 0 Å². The van der Waals surface area contributed by atoms with E-state index in [1.807, 2.05) is 0 Å². The molecule has 1 aliphatic carbocycles. The third-order valence-corrected chi connectivity index (χ3v) is 2.49. The average Bonchev–Trinajstić information content (AvgIpc) is 2.82. The molecule has 0 aliphatic heterocycles. The molecule has 0 amide bonds. The van der Waals surface area contributed by atoms with Crippen molar-refractivity contribution in [3.63, 3.8) is 0 Å². The first-order valence-electron chi connectivity index (χ1n) is 4.51. The van der Waals surface area contributed by atoms with E-state index in [1.165, 1.54) is 29.8 Å². The Bertz CT molecular complexity index is 273. The van der Waals surface area contributed by atoms with Gasteiger partial charge in [-0.25, -0.2) is 0 Å². The minimum Gasteiger partial charge on any atom is -0.308 e. The van der Waals surface area contributed by atoms with Gasteiger partial charge in [0.2, 0.25) is 0 Å². The van der Waals surface area contributed by atoms with E-state index >= 15 is 0 Å². The van der Waals surface area contributed by atoms with Gasteiger partial charge in [0.15, 0.2) is 0 Å². The van der Waals surface area contributed by atoms with Crippen LogP contribution in [0.5, 0.6) is 0 Å². The van der Waals surface area contributed by atoms with Gasteiger partial charge in [0, 0.05) is 18.3 Å². The summed E-state index contributed by atoms with van der Waals surface area (Å²) in [4.78, 5) is 0. The smallest absolute Gasteiger partial charge is 0.0791 e. The lowest BCUT2D eigenvalue weighted by Crippen LogP contribution is -2.16. The fraction of sp³-hybridized carbons (Fsp3) is 0.667. The monoisotopic (exact) mass is 165 g/mol. The van der Waals surface area contributed by atoms with Crippen molar-refractivity contribution in [1.29, 1.82) is 0 Å². The van der Waals surface area contributed by atoms with Crippen LogP contribution >= 0.6 is 0 Å². The minimum atomic E-state index is 0.765. The van der Waals surface area contributed by atoms with E-state index < -0.39 is 0 Å². The van der Waals surface area contributed by atoms with Crippen molar-refractivity contribution in [1.82, 2.24) is 15.5 Å². The van der Waals surface area contributed by atoms with Gasteiger partial charge in [0.1, 0.15) is 0 Å². The Morgan fingerprint density at radius 1 is 1.50 bits per heavy atom. The molecule has 3 heteroatoms. The Morgan fingerprint density at radius 2 is 2.25 bits per heavy atom. The van der Waals surface area contributed by atoms with Crippen molar-refractivity contribution in [2.75, 3.05) is 0 Å². The lowest BCUT2D eigenvalue weighted by Gasteiger charge is -1.99. The second-order valence-electron chi connectivity index (χ2n) is 3.58. The number of aryl methyl sites for hydroxylation is 1. The number of aromatic nitrogens is 2. The maximum Gasteiger partial charge on any atom is 0.0791 e. The lowest BCUT2D eigenvalue weighted by molar-refractivity contribution is 0.670. The summed E-state index contributed by atoms with van der Waals surface area (Å²) in [5.74, 6) is 0. The molecule has 1 saturated carbocycles. The fourth-order valence-corrected chi connectivity index (χ4v) is 1.24. The summed E-state index contributed by atoms with van der Waals surface area (Å²) in [6, 6.07) is 0.765. The molecule has 1 aromatic heterocycles. The highest BCUT2D eigenvalue weighted by Gasteiger charge is 2.20. The number of aromatic amines is 1. The molecular weight excluding hydrogens is 150 g/mol. The van der Waals surface area contributed by atoms with Crippen molar-refractivity contribution in [3.05, 3.63) is 17.0 Å². The topological polar surface area (TPSA) is 40.7 Å². The molecule has 0 bridgehead atoms. The van der Waals surface area contributed by atoms with E-state index in [1.54, 1.807) is 0 Å². The SMILES string of the molecule is Cc1[nH]nc(CNC2CC2)c1C. The first-order valence-corrected chi connectivity index (χ1v) is 4.51. The minimum absolute atomic E-state index is 0.765. The third-order valence-electron chi connectivity index (χ3n) is 2.49. The molecule has 2 N–H and O–H groups in total. The molecule has 1 aliphatic rings. The summed E-state index contributed by atoms with van der Waals surface area (Å²) in [6.45, 7) is 5.09. The zero-order valence-electron chi connectivity index (χ0n) is 7.65. The highest BCUT2D eigenvalue weighted by Crippen LogP contribution is 2.19. The van der Waals surface area contributed by atoms with Crippen LogP contribution in [0.25, 0.3) is 0 Å². The van der Waals surface area contributed by atoms with Crippen LogP contribution in [0.4, 0.5) is 0 Å². The van der Waals surface area contributed by atoms with E-state index in [9.17, 15) is 0 Å². The van der Waals surface area contributed by atoms with Crippen molar-refractivity contribution < 1.29 is 0 Å². The largest absolute Gasteiger partial charge is 0.308 e. The molecular formula is C9H15N3. The quantitative estimate of drug-likeness (QED) is 0.708. The first-order chi connectivity index (χ1) is 5.77. The molecule has 0 atom stereocenters. The van der Waals surface area contributed by atoms with Gasteiger partial charge in [-0.3, -0.25) is 5.10 Å². The predicted molar refractivity (Wildman–Crippen MR) is 47.9 cm³/mol. The molecule has 0 unspecified atom stereocenters. The van der Waals surface area contributed by atoms with Gasteiger partial charge in [-0.05, 0) is 32.3 Å². The maximum absolute atomic E-state index is 4.23. The first kappa shape index (κ1) is 7.80. The second-order valence-corrected chi connectivity index (χ2v) is 3.58. The van der Waals surface area contributed by atoms with Crippen LogP contribution in [0.2, 0.25) is 0 Å². The van der Waals surface area contributed by atoms with E-state index in [2.05, 4.69) is 29.4 Å². The summed E-state index contributed by atoms with van der Waals surface area (Å²) in [5, 5.41) is 10.7. The summed E-state index contributed by atoms with van der Waals surface area (Å²) in [5.41, 5.74) is 3.64. The van der Waals surface area contributed by atoms with Gasteiger partial charge in [0.05, 0.1) is 5.69 Å². The maximum atomic E-state index is 4.23. The molecule has 0 aromatic carbocycles. The normalized spacial score (nSPS) is 16.8. The highest BCUT2D eigenvalue weighted by atomic mass is 15.1. The van der Waals surface area contributed by atoms with Crippen molar-refractivity contribution in [2.24, 2.45) is 0 Å². The number of nitrogens with one attached hydrogen (secondary N) is 2.